The fourth-order valence-electron chi connectivity index (χ4n) is 2.28. The maximum Gasteiger partial charge on any atom is 0.249 e. The maximum absolute atomic E-state index is 9.16. The van der Waals surface area contributed by atoms with Gasteiger partial charge in [0.25, 0.3) is 0 Å². The molecule has 2 aromatic carbocycles. The third kappa shape index (κ3) is 3.82. The summed E-state index contributed by atoms with van der Waals surface area (Å²) >= 11 is 0. The first-order valence-electron chi connectivity index (χ1n) is 7.57. The predicted octanol–water partition coefficient (Wildman–Crippen LogP) is 3.55. The molecule has 7 nitrogen and oxygen atoms in total. The minimum Gasteiger partial charge on any atom is -0.495 e. The van der Waals surface area contributed by atoms with Crippen LogP contribution >= 0.6 is 0 Å². The summed E-state index contributed by atoms with van der Waals surface area (Å²) in [7, 11) is 1.61. The van der Waals surface area contributed by atoms with Crippen molar-refractivity contribution < 1.29 is 4.74 Å². The minimum absolute atomic E-state index is 0.291. The number of anilines is 4. The molecule has 0 amide bonds. The van der Waals surface area contributed by atoms with E-state index in [-0.39, 0.29) is 0 Å². The number of hydrogen-bond donors (Lipinski definition) is 2. The van der Waals surface area contributed by atoms with E-state index in [1.807, 2.05) is 31.2 Å². The van der Waals surface area contributed by atoms with Crippen LogP contribution < -0.4 is 15.4 Å². The summed E-state index contributed by atoms with van der Waals surface area (Å²) in [6.45, 7) is 1.99. The zero-order chi connectivity index (χ0) is 17.6. The Bertz CT molecular complexity index is 935. The molecule has 0 atom stereocenters. The van der Waals surface area contributed by atoms with Crippen LogP contribution in [0.2, 0.25) is 0 Å². The van der Waals surface area contributed by atoms with Crippen LogP contribution in [0.3, 0.4) is 0 Å². The van der Waals surface area contributed by atoms with Gasteiger partial charge in [0, 0.05) is 0 Å². The van der Waals surface area contributed by atoms with E-state index < -0.39 is 0 Å². The first-order valence-corrected chi connectivity index (χ1v) is 7.57. The normalized spacial score (nSPS) is 9.96. The molecule has 0 radical (unpaired) electrons. The number of nitrogens with one attached hydrogen (secondary N) is 2. The summed E-state index contributed by atoms with van der Waals surface area (Å²) in [4.78, 5) is 4.38. The number of aryl methyl sites for hydroxylation is 1. The zero-order valence-electron chi connectivity index (χ0n) is 13.8. The largest absolute Gasteiger partial charge is 0.495 e. The molecule has 0 bridgehead atoms. The average molecular weight is 332 g/mol. The quantitative estimate of drug-likeness (QED) is 0.737. The highest BCUT2D eigenvalue weighted by atomic mass is 16.5. The van der Waals surface area contributed by atoms with Gasteiger partial charge in [0.1, 0.15) is 11.8 Å². The van der Waals surface area contributed by atoms with Crippen LogP contribution in [0.15, 0.2) is 48.7 Å². The SMILES string of the molecule is COc1ccc(C)cc1Nc1cnnc(Nc2ccccc2C#N)n1. The van der Waals surface area contributed by atoms with Crippen LogP contribution in [0, 0.1) is 18.3 Å². The molecular weight excluding hydrogens is 316 g/mol. The summed E-state index contributed by atoms with van der Waals surface area (Å²) in [5.74, 6) is 1.50. The number of rotatable bonds is 5. The van der Waals surface area contributed by atoms with Gasteiger partial charge in [-0.05, 0) is 36.8 Å². The van der Waals surface area contributed by atoms with E-state index >= 15 is 0 Å². The molecule has 0 aliphatic carbocycles. The van der Waals surface area contributed by atoms with E-state index in [2.05, 4.69) is 31.9 Å². The van der Waals surface area contributed by atoms with Crippen molar-refractivity contribution in [2.75, 3.05) is 17.7 Å². The number of nitriles is 1. The van der Waals surface area contributed by atoms with Crippen LogP contribution in [-0.4, -0.2) is 22.3 Å². The van der Waals surface area contributed by atoms with Gasteiger partial charge in [0.05, 0.1) is 30.2 Å². The van der Waals surface area contributed by atoms with E-state index in [1.54, 1.807) is 25.3 Å². The number of hydrogen-bond acceptors (Lipinski definition) is 7. The predicted molar refractivity (Wildman–Crippen MR) is 95.3 cm³/mol. The highest BCUT2D eigenvalue weighted by molar-refractivity contribution is 5.66. The smallest absolute Gasteiger partial charge is 0.249 e. The van der Waals surface area contributed by atoms with Crippen molar-refractivity contribution in [3.63, 3.8) is 0 Å². The molecule has 0 spiro atoms. The van der Waals surface area contributed by atoms with Crippen molar-refractivity contribution in [1.29, 1.82) is 5.26 Å². The molecule has 0 fully saturated rings. The monoisotopic (exact) mass is 332 g/mol. The average Bonchev–Trinajstić information content (AvgIpc) is 2.63. The van der Waals surface area contributed by atoms with Gasteiger partial charge in [-0.1, -0.05) is 18.2 Å². The number of ether oxygens (including phenoxy) is 1. The Morgan fingerprint density at radius 2 is 1.92 bits per heavy atom. The number of para-hydroxylation sites is 1. The first kappa shape index (κ1) is 16.2. The third-order valence-corrected chi connectivity index (χ3v) is 3.47. The lowest BCUT2D eigenvalue weighted by atomic mass is 10.2. The summed E-state index contributed by atoms with van der Waals surface area (Å²) in [5, 5.41) is 23.3. The molecule has 2 N–H and O–H groups in total. The first-order chi connectivity index (χ1) is 12.2. The molecule has 0 aliphatic heterocycles. The van der Waals surface area contributed by atoms with E-state index in [0.717, 1.165) is 11.3 Å². The fraction of sp³-hybridized carbons (Fsp3) is 0.111. The summed E-state index contributed by atoms with van der Waals surface area (Å²) < 4.78 is 5.35. The van der Waals surface area contributed by atoms with Crippen molar-refractivity contribution in [3.8, 4) is 11.8 Å². The molecule has 3 rings (SSSR count). The third-order valence-electron chi connectivity index (χ3n) is 3.47. The van der Waals surface area contributed by atoms with E-state index in [4.69, 9.17) is 10.00 Å². The van der Waals surface area contributed by atoms with Gasteiger partial charge in [0.2, 0.25) is 5.95 Å². The number of nitrogens with zero attached hydrogens (tertiary/aromatic N) is 4. The van der Waals surface area contributed by atoms with Gasteiger partial charge in [0.15, 0.2) is 5.82 Å². The van der Waals surface area contributed by atoms with Gasteiger partial charge >= 0.3 is 0 Å². The van der Waals surface area contributed by atoms with E-state index in [9.17, 15) is 0 Å². The Labute approximate surface area is 145 Å². The standard InChI is InChI=1S/C18H16N6O/c1-12-7-8-16(25-2)15(9-12)21-17-11-20-24-18(23-17)22-14-6-4-3-5-13(14)10-19/h3-9,11H,1-2H3,(H2,21,22,23,24). The summed E-state index contributed by atoms with van der Waals surface area (Å²) in [6.07, 6.45) is 1.52. The molecule has 0 saturated heterocycles. The molecule has 124 valence electrons. The van der Waals surface area contributed by atoms with Gasteiger partial charge in [-0.2, -0.15) is 15.3 Å². The molecular formula is C18H16N6O. The molecule has 1 heterocycles. The van der Waals surface area contributed by atoms with Crippen molar-refractivity contribution >= 4 is 23.1 Å². The van der Waals surface area contributed by atoms with Gasteiger partial charge in [-0.15, -0.1) is 5.10 Å². The molecule has 3 aromatic rings. The van der Waals surface area contributed by atoms with E-state index in [0.29, 0.717) is 28.8 Å². The van der Waals surface area contributed by atoms with Crippen LogP contribution in [0.4, 0.5) is 23.1 Å². The molecule has 0 aliphatic rings. The lowest BCUT2D eigenvalue weighted by Crippen LogP contribution is -2.04. The van der Waals surface area contributed by atoms with Gasteiger partial charge in [-0.3, -0.25) is 0 Å². The highest BCUT2D eigenvalue weighted by Crippen LogP contribution is 2.28. The molecule has 1 aromatic heterocycles. The Balaban J connectivity index is 1.85. The lowest BCUT2D eigenvalue weighted by molar-refractivity contribution is 0.416. The number of aromatic nitrogens is 3. The van der Waals surface area contributed by atoms with Gasteiger partial charge in [-0.25, -0.2) is 0 Å². The molecule has 25 heavy (non-hydrogen) atoms. The second-order valence-corrected chi connectivity index (χ2v) is 5.28. The van der Waals surface area contributed by atoms with Crippen LogP contribution in [0.5, 0.6) is 5.75 Å². The summed E-state index contributed by atoms with van der Waals surface area (Å²) in [5.41, 5.74) is 3.00. The van der Waals surface area contributed by atoms with Crippen molar-refractivity contribution in [2.24, 2.45) is 0 Å². The van der Waals surface area contributed by atoms with Crippen molar-refractivity contribution in [3.05, 3.63) is 59.8 Å². The van der Waals surface area contributed by atoms with Gasteiger partial charge < -0.3 is 15.4 Å². The topological polar surface area (TPSA) is 95.8 Å². The van der Waals surface area contributed by atoms with E-state index in [1.165, 1.54) is 6.20 Å². The maximum atomic E-state index is 9.16. The Kier molecular flexibility index (Phi) is 4.72. The lowest BCUT2D eigenvalue weighted by Gasteiger charge is -2.12. The van der Waals surface area contributed by atoms with Crippen LogP contribution in [0.25, 0.3) is 0 Å². The Hall–Kier alpha value is -3.66. The second kappa shape index (κ2) is 7.27. The Morgan fingerprint density at radius 1 is 1.08 bits per heavy atom. The second-order valence-electron chi connectivity index (χ2n) is 5.28. The molecule has 0 saturated carbocycles. The number of benzene rings is 2. The van der Waals surface area contributed by atoms with Crippen LogP contribution in [-0.2, 0) is 0 Å². The minimum atomic E-state index is 0.291. The summed E-state index contributed by atoms with van der Waals surface area (Å²) in [6, 6.07) is 15.1. The molecule has 0 unspecified atom stereocenters. The fourth-order valence-corrected chi connectivity index (χ4v) is 2.28. The van der Waals surface area contributed by atoms with Crippen LogP contribution in [0.1, 0.15) is 11.1 Å². The number of methoxy groups -OCH3 is 1. The highest BCUT2D eigenvalue weighted by Gasteiger charge is 2.08. The zero-order valence-corrected chi connectivity index (χ0v) is 13.8. The molecule has 7 heteroatoms. The van der Waals surface area contributed by atoms with Crippen molar-refractivity contribution in [2.45, 2.75) is 6.92 Å². The van der Waals surface area contributed by atoms with Crippen molar-refractivity contribution in [1.82, 2.24) is 15.2 Å². The Morgan fingerprint density at radius 3 is 2.72 bits per heavy atom.